The molecule has 58 valence electrons. The summed E-state index contributed by atoms with van der Waals surface area (Å²) in [7, 11) is 4.03. The van der Waals surface area contributed by atoms with E-state index in [0.29, 0.717) is 12.6 Å². The fraction of sp³-hybridized carbons (Fsp3) is 1.00. The monoisotopic (exact) mass is 153 g/mol. The van der Waals surface area contributed by atoms with Crippen LogP contribution in [0.25, 0.3) is 0 Å². The van der Waals surface area contributed by atoms with E-state index in [4.69, 9.17) is 5.11 Å². The van der Waals surface area contributed by atoms with Crippen LogP contribution in [-0.4, -0.2) is 36.8 Å². The Morgan fingerprint density at radius 3 is 2.00 bits per heavy atom. The van der Waals surface area contributed by atoms with Gasteiger partial charge < -0.3 is 10.0 Å². The Kier molecular flexibility index (Phi) is 8.40. The summed E-state index contributed by atoms with van der Waals surface area (Å²) in [5, 5.41) is 8.46. The normalized spacial score (nSPS) is 13.0. The van der Waals surface area contributed by atoms with Crippen LogP contribution >= 0.6 is 12.4 Å². The molecule has 0 saturated heterocycles. The lowest BCUT2D eigenvalue weighted by molar-refractivity contribution is 0.220. The van der Waals surface area contributed by atoms with E-state index in [1.807, 2.05) is 14.1 Å². The quantitative estimate of drug-likeness (QED) is 0.647. The van der Waals surface area contributed by atoms with Gasteiger partial charge in [-0.15, -0.1) is 12.4 Å². The summed E-state index contributed by atoms with van der Waals surface area (Å²) in [5.74, 6) is 0. The zero-order valence-electron chi connectivity index (χ0n) is 6.29. The third-order valence-electron chi connectivity index (χ3n) is 1.43. The van der Waals surface area contributed by atoms with Gasteiger partial charge in [0.05, 0.1) is 0 Å². The number of hydrogen-bond donors (Lipinski definition) is 1. The predicted octanol–water partition coefficient (Wildman–Crippen LogP) is 0.741. The van der Waals surface area contributed by atoms with Crippen LogP contribution in [0.1, 0.15) is 13.3 Å². The van der Waals surface area contributed by atoms with E-state index in [1.54, 1.807) is 0 Å². The van der Waals surface area contributed by atoms with Crippen LogP contribution < -0.4 is 0 Å². The molecule has 9 heavy (non-hydrogen) atoms. The molecule has 0 aromatic rings. The first-order valence-corrected chi connectivity index (χ1v) is 2.95. The van der Waals surface area contributed by atoms with E-state index in [9.17, 15) is 0 Å². The molecule has 0 heterocycles. The zero-order chi connectivity index (χ0) is 6.57. The molecule has 0 aromatic carbocycles. The van der Waals surface area contributed by atoms with Gasteiger partial charge in [-0.25, -0.2) is 0 Å². The van der Waals surface area contributed by atoms with E-state index in [2.05, 4.69) is 11.8 Å². The molecular weight excluding hydrogens is 138 g/mol. The first-order chi connectivity index (χ1) is 3.68. The smallest absolute Gasteiger partial charge is 0.0445 e. The number of halogens is 1. The number of hydrogen-bond acceptors (Lipinski definition) is 2. The predicted molar refractivity (Wildman–Crippen MR) is 42.1 cm³/mol. The lowest BCUT2D eigenvalue weighted by Gasteiger charge is -2.17. The van der Waals surface area contributed by atoms with Crippen molar-refractivity contribution in [3.05, 3.63) is 0 Å². The van der Waals surface area contributed by atoms with Crippen molar-refractivity contribution < 1.29 is 5.11 Å². The third-order valence-corrected chi connectivity index (χ3v) is 1.43. The summed E-state index contributed by atoms with van der Waals surface area (Å²) in [4.78, 5) is 2.09. The molecule has 3 heteroatoms. The maximum atomic E-state index is 8.46. The van der Waals surface area contributed by atoms with Crippen molar-refractivity contribution in [2.75, 3.05) is 20.7 Å². The highest BCUT2D eigenvalue weighted by atomic mass is 35.5. The van der Waals surface area contributed by atoms with Gasteiger partial charge in [-0.2, -0.15) is 0 Å². The number of nitrogens with zero attached hydrogens (tertiary/aromatic N) is 1. The maximum Gasteiger partial charge on any atom is 0.0445 e. The first-order valence-electron chi connectivity index (χ1n) is 2.95. The van der Waals surface area contributed by atoms with Gasteiger partial charge in [-0.1, -0.05) is 0 Å². The SMILES string of the molecule is C[C@H](CCO)N(C)C.Cl. The van der Waals surface area contributed by atoms with Crippen molar-refractivity contribution in [3.8, 4) is 0 Å². The molecule has 0 aliphatic rings. The van der Waals surface area contributed by atoms with E-state index in [1.165, 1.54) is 0 Å². The molecule has 0 aromatic heterocycles. The molecule has 0 rings (SSSR count). The molecule has 0 aliphatic carbocycles. The Morgan fingerprint density at radius 1 is 1.44 bits per heavy atom. The minimum Gasteiger partial charge on any atom is -0.396 e. The van der Waals surface area contributed by atoms with Gasteiger partial charge in [-0.05, 0) is 27.4 Å². The van der Waals surface area contributed by atoms with Gasteiger partial charge >= 0.3 is 0 Å². The minimum atomic E-state index is 0. The van der Waals surface area contributed by atoms with Crippen LogP contribution in [0, 0.1) is 0 Å². The fourth-order valence-corrected chi connectivity index (χ4v) is 0.445. The summed E-state index contributed by atoms with van der Waals surface area (Å²) in [6.45, 7) is 2.38. The Bertz CT molecular complexity index is 59.0. The van der Waals surface area contributed by atoms with Crippen LogP contribution in [0.4, 0.5) is 0 Å². The summed E-state index contributed by atoms with van der Waals surface area (Å²) < 4.78 is 0. The highest BCUT2D eigenvalue weighted by Crippen LogP contribution is 1.94. The van der Waals surface area contributed by atoms with Gasteiger partial charge in [0.25, 0.3) is 0 Å². The summed E-state index contributed by atoms with van der Waals surface area (Å²) in [6.07, 6.45) is 0.868. The molecule has 0 fully saturated rings. The van der Waals surface area contributed by atoms with Gasteiger partial charge in [0, 0.05) is 12.6 Å². The second kappa shape index (κ2) is 6.33. The highest BCUT2D eigenvalue weighted by Gasteiger charge is 2.00. The van der Waals surface area contributed by atoms with Gasteiger partial charge in [0.2, 0.25) is 0 Å². The van der Waals surface area contributed by atoms with Crippen molar-refractivity contribution in [3.63, 3.8) is 0 Å². The molecular formula is C6H16ClNO. The standard InChI is InChI=1S/C6H15NO.ClH/c1-6(4-5-8)7(2)3;/h6,8H,4-5H2,1-3H3;1H/t6-;/m1./s1. The molecule has 0 unspecified atom stereocenters. The van der Waals surface area contributed by atoms with Crippen molar-refractivity contribution >= 4 is 12.4 Å². The average molecular weight is 154 g/mol. The second-order valence-electron chi connectivity index (χ2n) is 2.32. The van der Waals surface area contributed by atoms with E-state index < -0.39 is 0 Å². The van der Waals surface area contributed by atoms with Crippen molar-refractivity contribution in [2.45, 2.75) is 19.4 Å². The molecule has 1 atom stereocenters. The van der Waals surface area contributed by atoms with E-state index in [0.717, 1.165) is 6.42 Å². The number of aliphatic hydroxyl groups excluding tert-OH is 1. The fourth-order valence-electron chi connectivity index (χ4n) is 0.445. The zero-order valence-corrected chi connectivity index (χ0v) is 7.11. The Labute approximate surface area is 63.3 Å². The Hall–Kier alpha value is 0.210. The molecule has 1 N–H and O–H groups in total. The largest absolute Gasteiger partial charge is 0.396 e. The Balaban J connectivity index is 0. The van der Waals surface area contributed by atoms with Crippen LogP contribution in [0.15, 0.2) is 0 Å². The van der Waals surface area contributed by atoms with Crippen LogP contribution in [-0.2, 0) is 0 Å². The molecule has 0 aliphatic heterocycles. The third kappa shape index (κ3) is 6.09. The van der Waals surface area contributed by atoms with Gasteiger partial charge in [0.15, 0.2) is 0 Å². The van der Waals surface area contributed by atoms with Gasteiger partial charge in [-0.3, -0.25) is 0 Å². The Morgan fingerprint density at radius 2 is 1.89 bits per heavy atom. The molecule has 0 amide bonds. The first kappa shape index (κ1) is 11.9. The summed E-state index contributed by atoms with van der Waals surface area (Å²) in [5.41, 5.74) is 0. The van der Waals surface area contributed by atoms with E-state index in [-0.39, 0.29) is 12.4 Å². The molecule has 0 radical (unpaired) electrons. The van der Waals surface area contributed by atoms with Crippen molar-refractivity contribution in [1.82, 2.24) is 4.90 Å². The number of aliphatic hydroxyl groups is 1. The van der Waals surface area contributed by atoms with Crippen LogP contribution in [0.3, 0.4) is 0 Å². The van der Waals surface area contributed by atoms with Gasteiger partial charge in [0.1, 0.15) is 0 Å². The second-order valence-corrected chi connectivity index (χ2v) is 2.32. The topological polar surface area (TPSA) is 23.5 Å². The van der Waals surface area contributed by atoms with Crippen molar-refractivity contribution in [2.24, 2.45) is 0 Å². The van der Waals surface area contributed by atoms with E-state index >= 15 is 0 Å². The van der Waals surface area contributed by atoms with Crippen LogP contribution in [0.5, 0.6) is 0 Å². The minimum absolute atomic E-state index is 0. The lowest BCUT2D eigenvalue weighted by Crippen LogP contribution is -2.25. The average Bonchev–Trinajstić information content (AvgIpc) is 1.67. The summed E-state index contributed by atoms with van der Waals surface area (Å²) >= 11 is 0. The molecule has 2 nitrogen and oxygen atoms in total. The van der Waals surface area contributed by atoms with Crippen molar-refractivity contribution in [1.29, 1.82) is 0 Å². The molecule has 0 bridgehead atoms. The summed E-state index contributed by atoms with van der Waals surface area (Å²) in [6, 6.07) is 0.500. The maximum absolute atomic E-state index is 8.46. The molecule has 0 saturated carbocycles. The molecule has 0 spiro atoms. The number of rotatable bonds is 3. The lowest BCUT2D eigenvalue weighted by atomic mass is 10.2. The highest BCUT2D eigenvalue weighted by molar-refractivity contribution is 5.85. The van der Waals surface area contributed by atoms with Crippen LogP contribution in [0.2, 0.25) is 0 Å².